The van der Waals surface area contributed by atoms with Crippen LogP contribution in [0, 0.1) is 13.8 Å². The van der Waals surface area contributed by atoms with Crippen molar-refractivity contribution in [3.63, 3.8) is 0 Å². The predicted octanol–water partition coefficient (Wildman–Crippen LogP) is 6.49. The summed E-state index contributed by atoms with van der Waals surface area (Å²) in [4.78, 5) is 0. The Bertz CT molecular complexity index is 1480. The maximum absolute atomic E-state index is 11.8. The number of halogens is 1. The van der Waals surface area contributed by atoms with Gasteiger partial charge < -0.3 is 33.9 Å². The van der Waals surface area contributed by atoms with Crippen LogP contribution in [-0.4, -0.2) is 45.8 Å². The third-order valence-electron chi connectivity index (χ3n) is 6.41. The molecule has 0 aliphatic heterocycles. The standard InChI is InChI=1S/C27H27BrO7/c1-12-18(20-14(31-3)8-9-15(32-4)21(20)26(30)24(12)28)19-13(2)27(35-7)23-17(34-6)11-10-16(33-5)22(23)25(19)29/h8-11,29-30H,1-7H3. The van der Waals surface area contributed by atoms with E-state index in [1.807, 2.05) is 13.8 Å². The van der Waals surface area contributed by atoms with E-state index in [9.17, 15) is 10.2 Å². The number of phenolic OH excluding ortho intramolecular Hbond substituents is 2. The molecule has 0 saturated heterocycles. The number of methoxy groups -OCH3 is 5. The monoisotopic (exact) mass is 542 g/mol. The topological polar surface area (TPSA) is 86.6 Å². The van der Waals surface area contributed by atoms with Crippen molar-refractivity contribution in [3.8, 4) is 51.4 Å². The summed E-state index contributed by atoms with van der Waals surface area (Å²) in [5, 5.41) is 25.0. The molecule has 35 heavy (non-hydrogen) atoms. The number of phenols is 2. The van der Waals surface area contributed by atoms with Gasteiger partial charge in [0, 0.05) is 22.1 Å². The molecule has 0 amide bonds. The van der Waals surface area contributed by atoms with Gasteiger partial charge in [0.1, 0.15) is 40.2 Å². The molecule has 0 unspecified atom stereocenters. The Hall–Kier alpha value is -3.52. The first-order valence-electron chi connectivity index (χ1n) is 10.8. The van der Waals surface area contributed by atoms with Crippen LogP contribution in [0.4, 0.5) is 0 Å². The van der Waals surface area contributed by atoms with Gasteiger partial charge in [0.15, 0.2) is 0 Å². The van der Waals surface area contributed by atoms with Crippen molar-refractivity contribution in [1.29, 1.82) is 0 Å². The van der Waals surface area contributed by atoms with Gasteiger partial charge in [0.05, 0.1) is 56.2 Å². The molecule has 4 rings (SSSR count). The molecule has 0 aliphatic carbocycles. The fourth-order valence-corrected chi connectivity index (χ4v) is 5.21. The summed E-state index contributed by atoms with van der Waals surface area (Å²) in [6.07, 6.45) is 0. The summed E-state index contributed by atoms with van der Waals surface area (Å²) in [5.41, 5.74) is 2.54. The van der Waals surface area contributed by atoms with Gasteiger partial charge in [-0.2, -0.15) is 0 Å². The van der Waals surface area contributed by atoms with Crippen molar-refractivity contribution in [1.82, 2.24) is 0 Å². The molecule has 0 spiro atoms. The highest BCUT2D eigenvalue weighted by atomic mass is 79.9. The lowest BCUT2D eigenvalue weighted by molar-refractivity contribution is 0.396. The largest absolute Gasteiger partial charge is 0.506 e. The second kappa shape index (κ2) is 9.26. The molecule has 4 aromatic carbocycles. The van der Waals surface area contributed by atoms with Gasteiger partial charge in [0.25, 0.3) is 0 Å². The Morgan fingerprint density at radius 2 is 0.971 bits per heavy atom. The molecule has 8 heteroatoms. The van der Waals surface area contributed by atoms with Gasteiger partial charge in [-0.15, -0.1) is 0 Å². The number of hydrogen-bond acceptors (Lipinski definition) is 7. The molecule has 0 bridgehead atoms. The summed E-state index contributed by atoms with van der Waals surface area (Å²) in [6.45, 7) is 3.72. The van der Waals surface area contributed by atoms with Gasteiger partial charge in [-0.05, 0) is 59.6 Å². The molecule has 0 fully saturated rings. The molecule has 0 atom stereocenters. The van der Waals surface area contributed by atoms with Crippen LogP contribution in [0.5, 0.6) is 40.2 Å². The predicted molar refractivity (Wildman–Crippen MR) is 140 cm³/mol. The first-order chi connectivity index (χ1) is 16.8. The molecule has 4 aromatic rings. The Balaban J connectivity index is 2.36. The van der Waals surface area contributed by atoms with E-state index in [1.54, 1.807) is 52.7 Å². The highest BCUT2D eigenvalue weighted by molar-refractivity contribution is 9.10. The summed E-state index contributed by atoms with van der Waals surface area (Å²) in [6, 6.07) is 7.01. The van der Waals surface area contributed by atoms with Crippen molar-refractivity contribution >= 4 is 37.5 Å². The van der Waals surface area contributed by atoms with E-state index in [2.05, 4.69) is 15.9 Å². The number of ether oxygens (including phenoxy) is 5. The first kappa shape index (κ1) is 24.6. The van der Waals surface area contributed by atoms with Crippen LogP contribution in [-0.2, 0) is 0 Å². The smallest absolute Gasteiger partial charge is 0.141 e. The van der Waals surface area contributed by atoms with Crippen molar-refractivity contribution in [2.75, 3.05) is 35.5 Å². The molecular formula is C27H27BrO7. The minimum atomic E-state index is -0.0130. The quantitative estimate of drug-likeness (QED) is 0.287. The van der Waals surface area contributed by atoms with Crippen molar-refractivity contribution in [2.24, 2.45) is 0 Å². The normalized spacial score (nSPS) is 11.1. The van der Waals surface area contributed by atoms with E-state index < -0.39 is 0 Å². The van der Waals surface area contributed by atoms with E-state index in [1.165, 1.54) is 7.11 Å². The van der Waals surface area contributed by atoms with Crippen molar-refractivity contribution < 1.29 is 33.9 Å². The zero-order valence-electron chi connectivity index (χ0n) is 20.6. The van der Waals surface area contributed by atoms with Gasteiger partial charge in [-0.25, -0.2) is 0 Å². The molecule has 184 valence electrons. The van der Waals surface area contributed by atoms with Gasteiger partial charge in [-0.1, -0.05) is 0 Å². The molecule has 0 aromatic heterocycles. The average Bonchev–Trinajstić information content (AvgIpc) is 2.87. The highest BCUT2D eigenvalue weighted by Crippen LogP contribution is 2.56. The van der Waals surface area contributed by atoms with Gasteiger partial charge >= 0.3 is 0 Å². The molecular weight excluding hydrogens is 516 g/mol. The van der Waals surface area contributed by atoms with Crippen LogP contribution in [0.3, 0.4) is 0 Å². The lowest BCUT2D eigenvalue weighted by Gasteiger charge is -2.24. The number of benzene rings is 4. The number of fused-ring (bicyclic) bond motifs is 2. The van der Waals surface area contributed by atoms with Crippen molar-refractivity contribution in [2.45, 2.75) is 13.8 Å². The van der Waals surface area contributed by atoms with Gasteiger partial charge in [0.2, 0.25) is 0 Å². The van der Waals surface area contributed by atoms with E-state index in [0.29, 0.717) is 77.0 Å². The minimum Gasteiger partial charge on any atom is -0.506 e. The van der Waals surface area contributed by atoms with Crippen LogP contribution in [0.2, 0.25) is 0 Å². The van der Waals surface area contributed by atoms with Crippen LogP contribution in [0.15, 0.2) is 28.7 Å². The summed E-state index contributed by atoms with van der Waals surface area (Å²) >= 11 is 3.54. The highest BCUT2D eigenvalue weighted by Gasteiger charge is 2.29. The number of hydrogen-bond donors (Lipinski definition) is 2. The lowest BCUT2D eigenvalue weighted by atomic mass is 9.86. The fourth-order valence-electron chi connectivity index (χ4n) is 4.81. The molecule has 0 aliphatic rings. The zero-order valence-corrected chi connectivity index (χ0v) is 22.2. The van der Waals surface area contributed by atoms with Crippen LogP contribution < -0.4 is 23.7 Å². The van der Waals surface area contributed by atoms with Crippen molar-refractivity contribution in [3.05, 3.63) is 39.9 Å². The SMILES string of the molecule is COc1ccc(OC)c2c(OC)c(C)c(-c3c(C)c(Br)c(O)c4c(OC)ccc(OC)c34)c(O)c12. The third kappa shape index (κ3) is 3.46. The fraction of sp³-hybridized carbons (Fsp3) is 0.259. The Morgan fingerprint density at radius 1 is 0.543 bits per heavy atom. The zero-order chi connectivity index (χ0) is 25.6. The first-order valence-corrected chi connectivity index (χ1v) is 11.6. The van der Waals surface area contributed by atoms with E-state index >= 15 is 0 Å². The number of rotatable bonds is 6. The molecule has 0 saturated carbocycles. The van der Waals surface area contributed by atoms with E-state index in [4.69, 9.17) is 23.7 Å². The molecule has 7 nitrogen and oxygen atoms in total. The summed E-state index contributed by atoms with van der Waals surface area (Å²) in [7, 11) is 7.77. The van der Waals surface area contributed by atoms with Crippen LogP contribution in [0.25, 0.3) is 32.7 Å². The third-order valence-corrected chi connectivity index (χ3v) is 7.38. The number of aromatic hydroxyl groups is 2. The Kier molecular flexibility index (Phi) is 6.51. The average molecular weight is 543 g/mol. The van der Waals surface area contributed by atoms with Crippen LogP contribution in [0.1, 0.15) is 11.1 Å². The second-order valence-electron chi connectivity index (χ2n) is 7.98. The Labute approximate surface area is 211 Å². The summed E-state index contributed by atoms with van der Waals surface area (Å²) in [5.74, 6) is 2.50. The minimum absolute atomic E-state index is 0.0130. The maximum atomic E-state index is 11.8. The molecule has 0 heterocycles. The van der Waals surface area contributed by atoms with E-state index in [-0.39, 0.29) is 11.5 Å². The lowest BCUT2D eigenvalue weighted by Crippen LogP contribution is -2.01. The molecule has 0 radical (unpaired) electrons. The summed E-state index contributed by atoms with van der Waals surface area (Å²) < 4.78 is 28.8. The van der Waals surface area contributed by atoms with Gasteiger partial charge in [-0.3, -0.25) is 0 Å². The van der Waals surface area contributed by atoms with Crippen LogP contribution >= 0.6 is 15.9 Å². The Morgan fingerprint density at radius 3 is 1.43 bits per heavy atom. The maximum Gasteiger partial charge on any atom is 0.141 e. The second-order valence-corrected chi connectivity index (χ2v) is 8.78. The molecule has 2 N–H and O–H groups in total. The van der Waals surface area contributed by atoms with E-state index in [0.717, 1.165) is 0 Å².